The summed E-state index contributed by atoms with van der Waals surface area (Å²) in [5.41, 5.74) is 8.74. The number of furan rings is 2. The Morgan fingerprint density at radius 2 is 1.23 bits per heavy atom. The fraction of sp³-hybridized carbons (Fsp3) is 0.0238. The molecule has 10 aromatic rings. The van der Waals surface area contributed by atoms with Crippen LogP contribution < -0.4 is 5.32 Å². The number of benzene rings is 7. The molecule has 3 aromatic heterocycles. The first kappa shape index (κ1) is 24.9. The fourth-order valence-electron chi connectivity index (χ4n) is 7.67. The van der Waals surface area contributed by atoms with Crippen molar-refractivity contribution in [2.75, 3.05) is 0 Å². The quantitative estimate of drug-likeness (QED) is 0.203. The van der Waals surface area contributed by atoms with Crippen molar-refractivity contribution >= 4 is 88.1 Å². The van der Waals surface area contributed by atoms with Gasteiger partial charge in [-0.2, -0.15) is 0 Å². The second-order valence-electron chi connectivity index (χ2n) is 12.4. The maximum Gasteiger partial charge on any atom is 0.209 e. The van der Waals surface area contributed by atoms with Gasteiger partial charge in [-0.25, -0.2) is 4.99 Å². The standard InChI is InChI=1S/C42H25N3O2/c1-2-10-25-22-38-33(21-24(25)9-1)29-18-17-26(23-37(29)46-38)39-32-13-3-6-14-34(32)43-42(44-39)45-35-15-7-4-11-27(35)30-19-20-31-28-12-5-8-16-36(28)47-41(31)40(30)45/h1-23,39H,(H,43,44). The van der Waals surface area contributed by atoms with Crippen LogP contribution in [0, 0.1) is 0 Å². The lowest BCUT2D eigenvalue weighted by atomic mass is 9.95. The van der Waals surface area contributed by atoms with Crippen LogP contribution >= 0.6 is 0 Å². The third kappa shape index (κ3) is 3.45. The molecule has 1 aliphatic rings. The predicted octanol–water partition coefficient (Wildman–Crippen LogP) is 11.0. The van der Waals surface area contributed by atoms with E-state index in [1.165, 1.54) is 10.8 Å². The van der Waals surface area contributed by atoms with Crippen LogP contribution in [0.4, 0.5) is 5.69 Å². The number of hydrogen-bond donors (Lipinski definition) is 1. The maximum atomic E-state index is 6.60. The molecule has 0 bridgehead atoms. The van der Waals surface area contributed by atoms with Crippen molar-refractivity contribution in [2.24, 2.45) is 4.99 Å². The van der Waals surface area contributed by atoms with Gasteiger partial charge in [-0.3, -0.25) is 4.57 Å². The first-order valence-electron chi connectivity index (χ1n) is 15.9. The third-order valence-electron chi connectivity index (χ3n) is 9.84. The van der Waals surface area contributed by atoms with Crippen molar-refractivity contribution in [3.05, 3.63) is 151 Å². The zero-order chi connectivity index (χ0) is 30.6. The number of nitrogens with one attached hydrogen (secondary N) is 1. The minimum Gasteiger partial charge on any atom is -0.456 e. The minimum atomic E-state index is -0.151. The SMILES string of the molecule is c1ccc2c(c1)N=C(n1c3ccccc3c3ccc4c5ccccc5oc4c31)NC2c1ccc2c(c1)oc1cc3ccccc3cc12. The Kier molecular flexibility index (Phi) is 4.83. The van der Waals surface area contributed by atoms with Crippen molar-refractivity contribution in [2.45, 2.75) is 6.04 Å². The summed E-state index contributed by atoms with van der Waals surface area (Å²) in [5, 5.41) is 13.0. The van der Waals surface area contributed by atoms with Crippen molar-refractivity contribution in [3.63, 3.8) is 0 Å². The minimum absolute atomic E-state index is 0.151. The first-order valence-corrected chi connectivity index (χ1v) is 15.9. The van der Waals surface area contributed by atoms with Gasteiger partial charge in [0.1, 0.15) is 22.3 Å². The number of aromatic nitrogens is 1. The summed E-state index contributed by atoms with van der Waals surface area (Å²) < 4.78 is 15.3. The van der Waals surface area contributed by atoms with E-state index in [1.807, 2.05) is 12.1 Å². The van der Waals surface area contributed by atoms with Crippen molar-refractivity contribution in [1.29, 1.82) is 0 Å². The van der Waals surface area contributed by atoms with E-state index in [0.29, 0.717) is 0 Å². The molecule has 7 aromatic carbocycles. The maximum absolute atomic E-state index is 6.60. The molecule has 5 heteroatoms. The molecular weight excluding hydrogens is 578 g/mol. The number of nitrogens with zero attached hydrogens (tertiary/aromatic N) is 2. The Balaban J connectivity index is 1.14. The summed E-state index contributed by atoms with van der Waals surface area (Å²) in [7, 11) is 0. The van der Waals surface area contributed by atoms with Crippen molar-refractivity contribution < 1.29 is 8.83 Å². The predicted molar refractivity (Wildman–Crippen MR) is 192 cm³/mol. The highest BCUT2D eigenvalue weighted by molar-refractivity contribution is 6.24. The zero-order valence-corrected chi connectivity index (χ0v) is 25.1. The van der Waals surface area contributed by atoms with E-state index in [4.69, 9.17) is 13.8 Å². The summed E-state index contributed by atoms with van der Waals surface area (Å²) in [6.45, 7) is 0. The lowest BCUT2D eigenvalue weighted by Crippen LogP contribution is -2.36. The van der Waals surface area contributed by atoms with Crippen LogP contribution in [0.5, 0.6) is 0 Å². The van der Waals surface area contributed by atoms with Crippen LogP contribution in [0.15, 0.2) is 153 Å². The van der Waals surface area contributed by atoms with Crippen LogP contribution in [0.3, 0.4) is 0 Å². The second-order valence-corrected chi connectivity index (χ2v) is 12.4. The molecule has 1 aliphatic heterocycles. The highest BCUT2D eigenvalue weighted by Crippen LogP contribution is 2.41. The molecule has 5 nitrogen and oxygen atoms in total. The van der Waals surface area contributed by atoms with E-state index in [1.54, 1.807) is 0 Å². The third-order valence-corrected chi connectivity index (χ3v) is 9.84. The molecule has 1 atom stereocenters. The average Bonchev–Trinajstić information content (AvgIpc) is 3.79. The molecule has 4 heterocycles. The van der Waals surface area contributed by atoms with Crippen LogP contribution in [0.1, 0.15) is 17.2 Å². The average molecular weight is 604 g/mol. The van der Waals surface area contributed by atoms with E-state index in [9.17, 15) is 0 Å². The number of aliphatic imine (C=N–C) groups is 1. The highest BCUT2D eigenvalue weighted by atomic mass is 16.3. The van der Waals surface area contributed by atoms with E-state index < -0.39 is 0 Å². The summed E-state index contributed by atoms with van der Waals surface area (Å²) in [6, 6.07) is 48.8. The molecule has 0 fully saturated rings. The van der Waals surface area contributed by atoms with Crippen molar-refractivity contribution in [1.82, 2.24) is 9.88 Å². The molecule has 0 aliphatic carbocycles. The van der Waals surface area contributed by atoms with Crippen LogP contribution in [-0.2, 0) is 0 Å². The summed E-state index contributed by atoms with van der Waals surface area (Å²) in [6.07, 6.45) is 0. The van der Waals surface area contributed by atoms with Gasteiger partial charge in [-0.05, 0) is 58.8 Å². The Hall–Kier alpha value is -6.33. The number of fused-ring (bicyclic) bond motifs is 12. The van der Waals surface area contributed by atoms with Gasteiger partial charge in [0.05, 0.1) is 17.2 Å². The van der Waals surface area contributed by atoms with Crippen LogP contribution in [0.25, 0.3) is 76.5 Å². The van der Waals surface area contributed by atoms with Crippen LogP contribution in [0.2, 0.25) is 0 Å². The van der Waals surface area contributed by atoms with Gasteiger partial charge in [-0.1, -0.05) is 97.1 Å². The van der Waals surface area contributed by atoms with Gasteiger partial charge in [0.2, 0.25) is 5.96 Å². The van der Waals surface area contributed by atoms with Gasteiger partial charge in [0, 0.05) is 37.9 Å². The van der Waals surface area contributed by atoms with Gasteiger partial charge in [0.25, 0.3) is 0 Å². The Morgan fingerprint density at radius 3 is 2.17 bits per heavy atom. The van der Waals surface area contributed by atoms with E-state index in [0.717, 1.165) is 88.5 Å². The lowest BCUT2D eigenvalue weighted by Gasteiger charge is -2.28. The van der Waals surface area contributed by atoms with Crippen LogP contribution in [-0.4, -0.2) is 10.5 Å². The molecule has 220 valence electrons. The Morgan fingerprint density at radius 1 is 0.532 bits per heavy atom. The second kappa shape index (κ2) is 9.12. The normalized spacial score (nSPS) is 14.9. The smallest absolute Gasteiger partial charge is 0.209 e. The fourth-order valence-corrected chi connectivity index (χ4v) is 7.67. The summed E-state index contributed by atoms with van der Waals surface area (Å²) in [4.78, 5) is 5.26. The van der Waals surface area contributed by atoms with Crippen molar-refractivity contribution in [3.8, 4) is 0 Å². The van der Waals surface area contributed by atoms with Gasteiger partial charge < -0.3 is 14.2 Å². The zero-order valence-electron chi connectivity index (χ0n) is 25.1. The van der Waals surface area contributed by atoms with E-state index >= 15 is 0 Å². The molecule has 0 spiro atoms. The topological polar surface area (TPSA) is 55.6 Å². The highest BCUT2D eigenvalue weighted by Gasteiger charge is 2.28. The molecule has 0 radical (unpaired) electrons. The molecular formula is C42H25N3O2. The first-order chi connectivity index (χ1) is 23.3. The molecule has 11 rings (SSSR count). The lowest BCUT2D eigenvalue weighted by molar-refractivity contribution is 0.665. The van der Waals surface area contributed by atoms with Gasteiger partial charge in [-0.15, -0.1) is 0 Å². The van der Waals surface area contributed by atoms with Gasteiger partial charge >= 0.3 is 0 Å². The largest absolute Gasteiger partial charge is 0.456 e. The van der Waals surface area contributed by atoms with Gasteiger partial charge in [0.15, 0.2) is 5.58 Å². The molecule has 1 N–H and O–H groups in total. The van der Waals surface area contributed by atoms with E-state index in [-0.39, 0.29) is 6.04 Å². The summed E-state index contributed by atoms with van der Waals surface area (Å²) >= 11 is 0. The monoisotopic (exact) mass is 603 g/mol. The number of hydrogen-bond acceptors (Lipinski definition) is 4. The molecule has 0 amide bonds. The Labute approximate surface area is 267 Å². The number of para-hydroxylation sites is 3. The van der Waals surface area contributed by atoms with E-state index in [2.05, 4.69) is 137 Å². The Bertz CT molecular complexity index is 2960. The molecule has 47 heavy (non-hydrogen) atoms. The number of rotatable bonds is 1. The summed E-state index contributed by atoms with van der Waals surface area (Å²) in [5.74, 6) is 0.754. The molecule has 0 saturated carbocycles. The molecule has 0 saturated heterocycles. The molecule has 1 unspecified atom stereocenters.